The lowest BCUT2D eigenvalue weighted by atomic mass is 10.1. The molecule has 76 valence electrons. The lowest BCUT2D eigenvalue weighted by molar-refractivity contribution is 0.0956. The predicted molar refractivity (Wildman–Crippen MR) is 67.4 cm³/mol. The van der Waals surface area contributed by atoms with Crippen LogP contribution in [-0.2, 0) is 0 Å². The molecule has 0 saturated carbocycles. The Morgan fingerprint density at radius 1 is 1.57 bits per heavy atom. The molecular weight excluding hydrogens is 312 g/mol. The first kappa shape index (κ1) is 11.8. The van der Waals surface area contributed by atoms with Crippen LogP contribution in [0.15, 0.2) is 18.2 Å². The Balaban J connectivity index is 2.76. The average molecular weight is 324 g/mol. The van der Waals surface area contributed by atoms with Crippen molar-refractivity contribution in [3.8, 4) is 0 Å². The second-order valence-electron chi connectivity index (χ2n) is 2.91. The molecule has 1 aromatic carbocycles. The van der Waals surface area contributed by atoms with Crippen LogP contribution < -0.4 is 5.32 Å². The maximum Gasteiger partial charge on any atom is 0.251 e. The van der Waals surface area contributed by atoms with Crippen molar-refractivity contribution in [3.05, 3.63) is 34.3 Å². The van der Waals surface area contributed by atoms with Gasteiger partial charge >= 0.3 is 0 Å². The topological polar surface area (TPSA) is 29.1 Å². The fraction of sp³-hybridized carbons (Fsp3) is 0.300. The van der Waals surface area contributed by atoms with Gasteiger partial charge in [0.25, 0.3) is 5.91 Å². The maximum atomic E-state index is 11.5. The van der Waals surface area contributed by atoms with E-state index in [0.29, 0.717) is 17.1 Å². The van der Waals surface area contributed by atoms with Gasteiger partial charge in [-0.2, -0.15) is 0 Å². The van der Waals surface area contributed by atoms with Gasteiger partial charge in [-0.15, -0.1) is 0 Å². The molecule has 0 spiro atoms. The summed E-state index contributed by atoms with van der Waals surface area (Å²) in [7, 11) is 0. The fourth-order valence-electron chi connectivity index (χ4n) is 1.05. The minimum atomic E-state index is -0.0403. The molecule has 0 aliphatic heterocycles. The predicted octanol–water partition coefficient (Wildman–Crippen LogP) is 2.81. The van der Waals surface area contributed by atoms with Crippen molar-refractivity contribution in [2.24, 2.45) is 0 Å². The molecule has 0 atom stereocenters. The molecule has 0 saturated heterocycles. The molecule has 0 aromatic heterocycles. The molecule has 0 bridgehead atoms. The molecule has 1 aromatic rings. The number of alkyl halides is 1. The van der Waals surface area contributed by atoms with Crippen molar-refractivity contribution < 1.29 is 4.79 Å². The van der Waals surface area contributed by atoms with Crippen molar-refractivity contribution >= 4 is 40.1 Å². The Morgan fingerprint density at radius 3 is 2.86 bits per heavy atom. The van der Waals surface area contributed by atoms with Gasteiger partial charge in [0.2, 0.25) is 0 Å². The van der Waals surface area contributed by atoms with Gasteiger partial charge in [-0.25, -0.2) is 0 Å². The van der Waals surface area contributed by atoms with E-state index in [1.165, 1.54) is 0 Å². The minimum Gasteiger partial charge on any atom is -0.351 e. The first-order chi connectivity index (χ1) is 6.65. The van der Waals surface area contributed by atoms with Crippen LogP contribution in [0.4, 0.5) is 0 Å². The van der Waals surface area contributed by atoms with Crippen LogP contribution in [0.2, 0.25) is 5.02 Å². The number of rotatable bonds is 3. The highest BCUT2D eigenvalue weighted by Crippen LogP contribution is 2.15. The van der Waals surface area contributed by atoms with Crippen molar-refractivity contribution in [2.75, 3.05) is 11.0 Å². The molecule has 1 amide bonds. The van der Waals surface area contributed by atoms with Gasteiger partial charge in [0.1, 0.15) is 0 Å². The Kier molecular flexibility index (Phi) is 4.68. The van der Waals surface area contributed by atoms with Crippen LogP contribution in [0.25, 0.3) is 0 Å². The number of carbonyl (C=O) groups is 1. The standard InChI is InChI=1S/C10H11ClINO/c1-7-6-8(2-3-9(7)11)10(14)13-5-4-12/h2-3,6H,4-5H2,1H3,(H,13,14). The third kappa shape index (κ3) is 3.13. The van der Waals surface area contributed by atoms with E-state index in [1.54, 1.807) is 18.2 Å². The van der Waals surface area contributed by atoms with Crippen molar-refractivity contribution in [1.29, 1.82) is 0 Å². The number of hydrogen-bond acceptors (Lipinski definition) is 1. The van der Waals surface area contributed by atoms with Crippen molar-refractivity contribution in [2.45, 2.75) is 6.92 Å². The van der Waals surface area contributed by atoms with Crippen molar-refractivity contribution in [1.82, 2.24) is 5.32 Å². The summed E-state index contributed by atoms with van der Waals surface area (Å²) in [6, 6.07) is 5.28. The normalized spacial score (nSPS) is 9.93. The molecule has 0 radical (unpaired) electrons. The van der Waals surface area contributed by atoms with Crippen LogP contribution in [0, 0.1) is 6.92 Å². The van der Waals surface area contributed by atoms with Gasteiger partial charge in [0.05, 0.1) is 0 Å². The monoisotopic (exact) mass is 323 g/mol. The number of benzene rings is 1. The van der Waals surface area contributed by atoms with E-state index >= 15 is 0 Å². The van der Waals surface area contributed by atoms with Gasteiger partial charge < -0.3 is 5.32 Å². The largest absolute Gasteiger partial charge is 0.351 e. The summed E-state index contributed by atoms with van der Waals surface area (Å²) in [5, 5.41) is 3.50. The highest BCUT2D eigenvalue weighted by molar-refractivity contribution is 14.1. The van der Waals surface area contributed by atoms with E-state index in [4.69, 9.17) is 11.6 Å². The SMILES string of the molecule is Cc1cc(C(=O)NCCI)ccc1Cl. The quantitative estimate of drug-likeness (QED) is 0.672. The van der Waals surface area contributed by atoms with Crippen LogP contribution in [0.1, 0.15) is 15.9 Å². The zero-order valence-electron chi connectivity index (χ0n) is 7.81. The molecule has 14 heavy (non-hydrogen) atoms. The van der Waals surface area contributed by atoms with E-state index in [9.17, 15) is 4.79 Å². The summed E-state index contributed by atoms with van der Waals surface area (Å²) in [5.41, 5.74) is 1.59. The van der Waals surface area contributed by atoms with E-state index < -0.39 is 0 Å². The van der Waals surface area contributed by atoms with Gasteiger partial charge in [0, 0.05) is 21.6 Å². The molecule has 0 aliphatic rings. The van der Waals surface area contributed by atoms with E-state index in [0.717, 1.165) is 9.99 Å². The van der Waals surface area contributed by atoms with Gasteiger partial charge in [-0.05, 0) is 30.7 Å². The lowest BCUT2D eigenvalue weighted by Gasteiger charge is -2.04. The molecule has 1 N–H and O–H groups in total. The molecule has 0 heterocycles. The summed E-state index contributed by atoms with van der Waals surface area (Å²) in [4.78, 5) is 11.5. The summed E-state index contributed by atoms with van der Waals surface area (Å²) in [5.74, 6) is -0.0403. The first-order valence-electron chi connectivity index (χ1n) is 4.25. The number of hydrogen-bond donors (Lipinski definition) is 1. The Morgan fingerprint density at radius 2 is 2.29 bits per heavy atom. The number of nitrogens with one attached hydrogen (secondary N) is 1. The second kappa shape index (κ2) is 5.56. The number of aryl methyl sites for hydroxylation is 1. The third-order valence-electron chi connectivity index (χ3n) is 1.80. The third-order valence-corrected chi connectivity index (χ3v) is 2.76. The maximum absolute atomic E-state index is 11.5. The summed E-state index contributed by atoms with van der Waals surface area (Å²) in [6.07, 6.45) is 0. The lowest BCUT2D eigenvalue weighted by Crippen LogP contribution is -2.25. The Labute approximate surface area is 102 Å². The highest BCUT2D eigenvalue weighted by atomic mass is 127. The molecule has 4 heteroatoms. The highest BCUT2D eigenvalue weighted by Gasteiger charge is 2.05. The number of carbonyl (C=O) groups excluding carboxylic acids is 1. The second-order valence-corrected chi connectivity index (χ2v) is 4.39. The molecule has 1 rings (SSSR count). The number of amides is 1. The smallest absolute Gasteiger partial charge is 0.251 e. The number of halogens is 2. The average Bonchev–Trinajstić information content (AvgIpc) is 2.18. The molecule has 2 nitrogen and oxygen atoms in total. The molecule has 0 fully saturated rings. The van der Waals surface area contributed by atoms with Crippen LogP contribution in [0.5, 0.6) is 0 Å². The van der Waals surface area contributed by atoms with Gasteiger partial charge in [-0.1, -0.05) is 34.2 Å². The van der Waals surface area contributed by atoms with Crippen molar-refractivity contribution in [3.63, 3.8) is 0 Å². The Hall–Kier alpha value is -0.290. The van der Waals surface area contributed by atoms with E-state index in [-0.39, 0.29) is 5.91 Å². The molecule has 0 unspecified atom stereocenters. The van der Waals surface area contributed by atoms with Gasteiger partial charge in [0.15, 0.2) is 0 Å². The summed E-state index contributed by atoms with van der Waals surface area (Å²) < 4.78 is 0.913. The summed E-state index contributed by atoms with van der Waals surface area (Å²) in [6.45, 7) is 2.58. The minimum absolute atomic E-state index is 0.0403. The first-order valence-corrected chi connectivity index (χ1v) is 6.16. The van der Waals surface area contributed by atoms with Crippen LogP contribution in [-0.4, -0.2) is 16.9 Å². The van der Waals surface area contributed by atoms with E-state index in [1.807, 2.05) is 6.92 Å². The van der Waals surface area contributed by atoms with E-state index in [2.05, 4.69) is 27.9 Å². The van der Waals surface area contributed by atoms with Crippen LogP contribution >= 0.6 is 34.2 Å². The van der Waals surface area contributed by atoms with Gasteiger partial charge in [-0.3, -0.25) is 4.79 Å². The Bertz CT molecular complexity index is 341. The fourth-order valence-corrected chi connectivity index (χ4v) is 1.44. The zero-order chi connectivity index (χ0) is 10.6. The molecular formula is C10H11ClINO. The summed E-state index contributed by atoms with van der Waals surface area (Å²) >= 11 is 8.07. The van der Waals surface area contributed by atoms with Crippen LogP contribution in [0.3, 0.4) is 0 Å². The molecule has 0 aliphatic carbocycles. The zero-order valence-corrected chi connectivity index (χ0v) is 10.7.